The molecule has 0 amide bonds. The number of aliphatic hydroxyl groups excluding tert-OH is 1. The summed E-state index contributed by atoms with van der Waals surface area (Å²) < 4.78 is 5.18. The van der Waals surface area contributed by atoms with E-state index >= 15 is 0 Å². The molecule has 0 bridgehead atoms. The molecule has 0 radical (unpaired) electrons. The fraction of sp³-hybridized carbons (Fsp3) is 0.556. The third kappa shape index (κ3) is 4.07. The van der Waals surface area contributed by atoms with Crippen molar-refractivity contribution in [1.29, 1.82) is 0 Å². The standard InChI is InChI=1S/C9H13ClO2S/c1-7(4-11)5-13-6-8-2-3-9(10)12-8/h2-3,7,11H,4-6H2,1H3. The van der Waals surface area contributed by atoms with Crippen molar-refractivity contribution in [1.82, 2.24) is 0 Å². The molecule has 4 heteroatoms. The molecular weight excluding hydrogens is 208 g/mol. The van der Waals surface area contributed by atoms with E-state index in [-0.39, 0.29) is 6.61 Å². The molecule has 0 saturated carbocycles. The van der Waals surface area contributed by atoms with Crippen LogP contribution in [-0.2, 0) is 5.75 Å². The van der Waals surface area contributed by atoms with E-state index in [4.69, 9.17) is 21.1 Å². The predicted molar refractivity (Wildman–Crippen MR) is 56.1 cm³/mol. The Bertz CT molecular complexity index is 250. The van der Waals surface area contributed by atoms with Gasteiger partial charge in [-0.25, -0.2) is 0 Å². The first-order valence-corrected chi connectivity index (χ1v) is 5.68. The Hall–Kier alpha value is -0.120. The van der Waals surface area contributed by atoms with Gasteiger partial charge in [-0.3, -0.25) is 0 Å². The van der Waals surface area contributed by atoms with Gasteiger partial charge in [0.15, 0.2) is 5.22 Å². The van der Waals surface area contributed by atoms with Gasteiger partial charge in [-0.2, -0.15) is 11.8 Å². The summed E-state index contributed by atoms with van der Waals surface area (Å²) in [5, 5.41) is 9.21. The minimum atomic E-state index is 0.242. The van der Waals surface area contributed by atoms with Crippen molar-refractivity contribution < 1.29 is 9.52 Å². The van der Waals surface area contributed by atoms with Crippen molar-refractivity contribution in [3.63, 3.8) is 0 Å². The predicted octanol–water partition coefficient (Wildman–Crippen LogP) is 2.79. The number of hydrogen-bond acceptors (Lipinski definition) is 3. The summed E-state index contributed by atoms with van der Waals surface area (Å²) in [6.07, 6.45) is 0. The summed E-state index contributed by atoms with van der Waals surface area (Å²) >= 11 is 7.35. The molecule has 1 heterocycles. The van der Waals surface area contributed by atoms with Crippen LogP contribution in [0, 0.1) is 5.92 Å². The first-order chi connectivity index (χ1) is 6.22. The molecule has 0 aliphatic carbocycles. The van der Waals surface area contributed by atoms with Crippen LogP contribution in [0.1, 0.15) is 12.7 Å². The van der Waals surface area contributed by atoms with E-state index in [1.54, 1.807) is 17.8 Å². The number of hydrogen-bond donors (Lipinski definition) is 1. The molecule has 0 aliphatic rings. The van der Waals surface area contributed by atoms with Gasteiger partial charge in [0.25, 0.3) is 0 Å². The topological polar surface area (TPSA) is 33.4 Å². The first-order valence-electron chi connectivity index (χ1n) is 4.15. The number of aliphatic hydroxyl groups is 1. The molecule has 1 N–H and O–H groups in total. The van der Waals surface area contributed by atoms with Crippen LogP contribution < -0.4 is 0 Å². The summed E-state index contributed by atoms with van der Waals surface area (Å²) in [6.45, 7) is 2.26. The second-order valence-electron chi connectivity index (χ2n) is 3.01. The van der Waals surface area contributed by atoms with Gasteiger partial charge < -0.3 is 9.52 Å². The Labute approximate surface area is 87.3 Å². The van der Waals surface area contributed by atoms with Crippen LogP contribution in [0.15, 0.2) is 16.5 Å². The van der Waals surface area contributed by atoms with Gasteiger partial charge in [0.2, 0.25) is 0 Å². The zero-order chi connectivity index (χ0) is 9.68. The van der Waals surface area contributed by atoms with Gasteiger partial charge in [-0.1, -0.05) is 6.92 Å². The average molecular weight is 221 g/mol. The van der Waals surface area contributed by atoms with Crippen LogP contribution in [0.25, 0.3) is 0 Å². The summed E-state index contributed by atoms with van der Waals surface area (Å²) in [7, 11) is 0. The van der Waals surface area contributed by atoms with Gasteiger partial charge in [0.1, 0.15) is 5.76 Å². The highest BCUT2D eigenvalue weighted by Gasteiger charge is 2.02. The molecule has 1 aromatic rings. The summed E-state index contributed by atoms with van der Waals surface area (Å²) in [5.41, 5.74) is 0. The van der Waals surface area contributed by atoms with Crippen LogP contribution in [-0.4, -0.2) is 17.5 Å². The normalized spacial score (nSPS) is 13.2. The van der Waals surface area contributed by atoms with E-state index in [0.29, 0.717) is 11.1 Å². The van der Waals surface area contributed by atoms with E-state index in [1.165, 1.54) is 0 Å². The monoisotopic (exact) mass is 220 g/mol. The molecular formula is C9H13ClO2S. The summed E-state index contributed by atoms with van der Waals surface area (Å²) in [5.74, 6) is 2.99. The van der Waals surface area contributed by atoms with E-state index < -0.39 is 0 Å². The minimum Gasteiger partial charge on any atom is -0.449 e. The maximum Gasteiger partial charge on any atom is 0.193 e. The molecule has 1 atom stereocenters. The lowest BCUT2D eigenvalue weighted by Gasteiger charge is -2.05. The highest BCUT2D eigenvalue weighted by atomic mass is 35.5. The number of furan rings is 1. The third-order valence-electron chi connectivity index (χ3n) is 1.59. The lowest BCUT2D eigenvalue weighted by Crippen LogP contribution is -2.03. The highest BCUT2D eigenvalue weighted by Crippen LogP contribution is 2.19. The maximum absolute atomic E-state index is 8.78. The van der Waals surface area contributed by atoms with Crippen molar-refractivity contribution in [2.75, 3.05) is 12.4 Å². The highest BCUT2D eigenvalue weighted by molar-refractivity contribution is 7.98. The molecule has 0 aromatic carbocycles. The Kier molecular flexibility index (Phi) is 4.70. The van der Waals surface area contributed by atoms with Gasteiger partial charge in [-0.05, 0) is 35.4 Å². The molecule has 0 saturated heterocycles. The first kappa shape index (κ1) is 11.0. The van der Waals surface area contributed by atoms with E-state index in [1.807, 2.05) is 13.0 Å². The molecule has 2 nitrogen and oxygen atoms in total. The Morgan fingerprint density at radius 3 is 2.92 bits per heavy atom. The number of thioether (sulfide) groups is 1. The van der Waals surface area contributed by atoms with Gasteiger partial charge in [0.05, 0.1) is 5.75 Å². The maximum atomic E-state index is 8.78. The number of rotatable bonds is 5. The molecule has 1 unspecified atom stereocenters. The number of halogens is 1. The van der Waals surface area contributed by atoms with Crippen LogP contribution >= 0.6 is 23.4 Å². The van der Waals surface area contributed by atoms with Crippen LogP contribution in [0.3, 0.4) is 0 Å². The van der Waals surface area contributed by atoms with Gasteiger partial charge in [-0.15, -0.1) is 0 Å². The molecule has 0 fully saturated rings. The fourth-order valence-electron chi connectivity index (χ4n) is 0.843. The zero-order valence-electron chi connectivity index (χ0n) is 7.50. The fourth-order valence-corrected chi connectivity index (χ4v) is 1.99. The quantitative estimate of drug-likeness (QED) is 0.829. The summed E-state index contributed by atoms with van der Waals surface area (Å²) in [4.78, 5) is 0. The average Bonchev–Trinajstić information content (AvgIpc) is 2.51. The molecule has 1 rings (SSSR count). The van der Waals surface area contributed by atoms with Gasteiger partial charge in [0, 0.05) is 6.61 Å². The van der Waals surface area contributed by atoms with Crippen molar-refractivity contribution >= 4 is 23.4 Å². The van der Waals surface area contributed by atoms with E-state index in [0.717, 1.165) is 17.3 Å². The molecule has 0 spiro atoms. The van der Waals surface area contributed by atoms with Crippen molar-refractivity contribution in [3.8, 4) is 0 Å². The smallest absolute Gasteiger partial charge is 0.193 e. The lowest BCUT2D eigenvalue weighted by molar-refractivity contribution is 0.250. The largest absolute Gasteiger partial charge is 0.449 e. The van der Waals surface area contributed by atoms with Crippen LogP contribution in [0.5, 0.6) is 0 Å². The molecule has 74 valence electrons. The zero-order valence-corrected chi connectivity index (χ0v) is 9.07. The SMILES string of the molecule is CC(CO)CSCc1ccc(Cl)o1. The van der Waals surface area contributed by atoms with E-state index in [9.17, 15) is 0 Å². The van der Waals surface area contributed by atoms with Crippen LogP contribution in [0.2, 0.25) is 5.22 Å². The van der Waals surface area contributed by atoms with Crippen LogP contribution in [0.4, 0.5) is 0 Å². The second kappa shape index (κ2) is 5.58. The summed E-state index contributed by atoms with van der Waals surface area (Å²) in [6, 6.07) is 3.62. The van der Waals surface area contributed by atoms with Gasteiger partial charge >= 0.3 is 0 Å². The van der Waals surface area contributed by atoms with Crippen molar-refractivity contribution in [2.45, 2.75) is 12.7 Å². The van der Waals surface area contributed by atoms with Crippen molar-refractivity contribution in [2.24, 2.45) is 5.92 Å². The Morgan fingerprint density at radius 1 is 1.62 bits per heavy atom. The van der Waals surface area contributed by atoms with Crippen molar-refractivity contribution in [3.05, 3.63) is 23.1 Å². The Balaban J connectivity index is 2.20. The molecule has 1 aromatic heterocycles. The lowest BCUT2D eigenvalue weighted by atomic mass is 10.2. The third-order valence-corrected chi connectivity index (χ3v) is 3.08. The Morgan fingerprint density at radius 2 is 2.38 bits per heavy atom. The molecule has 13 heavy (non-hydrogen) atoms. The molecule has 0 aliphatic heterocycles. The minimum absolute atomic E-state index is 0.242. The van der Waals surface area contributed by atoms with E-state index in [2.05, 4.69) is 0 Å². The second-order valence-corrected chi connectivity index (χ2v) is 4.41.